The molecule has 7 nitrogen and oxygen atoms in total. The van der Waals surface area contributed by atoms with Crippen LogP contribution in [0.4, 0.5) is 5.95 Å². The van der Waals surface area contributed by atoms with E-state index >= 15 is 0 Å². The van der Waals surface area contributed by atoms with Gasteiger partial charge in [-0.2, -0.15) is 0 Å². The number of nitrogen functional groups attached to an aromatic ring is 1. The monoisotopic (exact) mass is 280 g/mol. The highest BCUT2D eigenvalue weighted by atomic mass is 16.5. The number of rotatable bonds is 2. The fraction of sp³-hybridized carbons (Fsp3) is 0.615. The molecule has 2 heterocycles. The predicted octanol–water partition coefficient (Wildman–Crippen LogP) is -0.562. The van der Waals surface area contributed by atoms with Crippen molar-refractivity contribution in [3.63, 3.8) is 0 Å². The largest absolute Gasteiger partial charge is 0.389 e. The van der Waals surface area contributed by atoms with Crippen molar-refractivity contribution < 1.29 is 14.6 Å². The molecule has 1 aromatic rings. The van der Waals surface area contributed by atoms with Gasteiger partial charge in [0.2, 0.25) is 11.9 Å². The minimum absolute atomic E-state index is 0.0610. The second kappa shape index (κ2) is 6.15. The molecule has 1 aliphatic heterocycles. The van der Waals surface area contributed by atoms with E-state index in [1.54, 1.807) is 4.90 Å². The third-order valence-corrected chi connectivity index (χ3v) is 3.37. The van der Waals surface area contributed by atoms with Crippen LogP contribution in [0.25, 0.3) is 0 Å². The molecule has 1 aliphatic rings. The molecule has 1 fully saturated rings. The quantitative estimate of drug-likeness (QED) is 0.753. The van der Waals surface area contributed by atoms with E-state index in [0.717, 1.165) is 17.0 Å². The molecule has 0 aliphatic carbocycles. The van der Waals surface area contributed by atoms with E-state index in [-0.39, 0.29) is 24.9 Å². The van der Waals surface area contributed by atoms with Gasteiger partial charge in [0.15, 0.2) is 0 Å². The van der Waals surface area contributed by atoms with Crippen LogP contribution in [0.1, 0.15) is 17.0 Å². The van der Waals surface area contributed by atoms with Crippen LogP contribution in [0.2, 0.25) is 0 Å². The maximum absolute atomic E-state index is 12.3. The summed E-state index contributed by atoms with van der Waals surface area (Å²) in [5.74, 6) is 0.156. The van der Waals surface area contributed by atoms with Gasteiger partial charge in [0, 0.05) is 30.0 Å². The first-order valence-electron chi connectivity index (χ1n) is 6.60. The molecule has 20 heavy (non-hydrogen) atoms. The van der Waals surface area contributed by atoms with Gasteiger partial charge >= 0.3 is 0 Å². The Kier molecular flexibility index (Phi) is 4.51. The van der Waals surface area contributed by atoms with Gasteiger partial charge in [-0.1, -0.05) is 0 Å². The number of β-amino-alcohol motifs (C(OH)–C–C–N with tert-alkyl or cyclic N) is 1. The molecule has 1 atom stereocenters. The average molecular weight is 280 g/mol. The number of aromatic nitrogens is 2. The first-order valence-corrected chi connectivity index (χ1v) is 6.60. The number of aliphatic hydroxyl groups excluding tert-OH is 1. The lowest BCUT2D eigenvalue weighted by atomic mass is 10.1. The second-order valence-corrected chi connectivity index (χ2v) is 4.98. The van der Waals surface area contributed by atoms with Crippen LogP contribution in [0.3, 0.4) is 0 Å². The standard InChI is InChI=1S/C13H20N4O3/c1-8-11(9(2)16-13(14)15-8)5-12(19)17-3-4-20-7-10(18)6-17/h10,18H,3-7H2,1-2H3,(H2,14,15,16)/t10-/m1/s1. The molecule has 0 unspecified atom stereocenters. The lowest BCUT2D eigenvalue weighted by molar-refractivity contribution is -0.131. The Balaban J connectivity index is 2.11. The summed E-state index contributed by atoms with van der Waals surface area (Å²) in [6.07, 6.45) is -0.420. The summed E-state index contributed by atoms with van der Waals surface area (Å²) < 4.78 is 5.22. The van der Waals surface area contributed by atoms with E-state index < -0.39 is 6.10 Å². The zero-order chi connectivity index (χ0) is 14.7. The molecule has 110 valence electrons. The van der Waals surface area contributed by atoms with E-state index in [0.29, 0.717) is 19.7 Å². The molecule has 1 amide bonds. The summed E-state index contributed by atoms with van der Waals surface area (Å²) in [6.45, 7) is 5.13. The third-order valence-electron chi connectivity index (χ3n) is 3.37. The van der Waals surface area contributed by atoms with Crippen molar-refractivity contribution in [3.05, 3.63) is 17.0 Å². The second-order valence-electron chi connectivity index (χ2n) is 4.98. The average Bonchev–Trinajstić information content (AvgIpc) is 2.58. The van der Waals surface area contributed by atoms with Gasteiger partial charge in [0.1, 0.15) is 0 Å². The van der Waals surface area contributed by atoms with E-state index in [2.05, 4.69) is 9.97 Å². The zero-order valence-electron chi connectivity index (χ0n) is 11.8. The SMILES string of the molecule is Cc1nc(N)nc(C)c1CC(=O)N1CCOC[C@H](O)C1. The van der Waals surface area contributed by atoms with Crippen molar-refractivity contribution in [2.24, 2.45) is 0 Å². The van der Waals surface area contributed by atoms with Crippen molar-refractivity contribution in [3.8, 4) is 0 Å². The molecule has 0 saturated carbocycles. The molecule has 1 saturated heterocycles. The summed E-state index contributed by atoms with van der Waals surface area (Å²) in [5.41, 5.74) is 7.80. The van der Waals surface area contributed by atoms with Crippen LogP contribution in [0, 0.1) is 13.8 Å². The molecule has 0 spiro atoms. The summed E-state index contributed by atoms with van der Waals surface area (Å²) in [6, 6.07) is 0. The highest BCUT2D eigenvalue weighted by Gasteiger charge is 2.22. The molecule has 2 rings (SSSR count). The summed E-state index contributed by atoms with van der Waals surface area (Å²) in [7, 11) is 0. The summed E-state index contributed by atoms with van der Waals surface area (Å²) in [5, 5.41) is 9.66. The van der Waals surface area contributed by atoms with Crippen molar-refractivity contribution in [2.75, 3.05) is 32.0 Å². The van der Waals surface area contributed by atoms with E-state index in [9.17, 15) is 9.90 Å². The van der Waals surface area contributed by atoms with Gasteiger partial charge in [-0.15, -0.1) is 0 Å². The highest BCUT2D eigenvalue weighted by molar-refractivity contribution is 5.79. The van der Waals surface area contributed by atoms with Crippen LogP contribution in [0.5, 0.6) is 0 Å². The van der Waals surface area contributed by atoms with Gasteiger partial charge in [-0.25, -0.2) is 9.97 Å². The molecular formula is C13H20N4O3. The van der Waals surface area contributed by atoms with Crippen LogP contribution < -0.4 is 5.73 Å². The molecule has 7 heteroatoms. The van der Waals surface area contributed by atoms with Gasteiger partial charge in [-0.05, 0) is 13.8 Å². The normalized spacial score (nSPS) is 19.8. The first-order chi connectivity index (χ1) is 9.47. The smallest absolute Gasteiger partial charge is 0.227 e. The third kappa shape index (κ3) is 3.43. The van der Waals surface area contributed by atoms with Crippen LogP contribution in [0.15, 0.2) is 0 Å². The van der Waals surface area contributed by atoms with Crippen molar-refractivity contribution in [1.29, 1.82) is 0 Å². The molecular weight excluding hydrogens is 260 g/mol. The number of hydrogen-bond acceptors (Lipinski definition) is 6. The topological polar surface area (TPSA) is 102 Å². The van der Waals surface area contributed by atoms with Crippen LogP contribution in [-0.4, -0.2) is 58.3 Å². The van der Waals surface area contributed by atoms with Crippen molar-refractivity contribution in [1.82, 2.24) is 14.9 Å². The molecule has 1 aromatic heterocycles. The number of nitrogens with zero attached hydrogens (tertiary/aromatic N) is 3. The van der Waals surface area contributed by atoms with Crippen LogP contribution >= 0.6 is 0 Å². The Morgan fingerprint density at radius 3 is 2.75 bits per heavy atom. The lowest BCUT2D eigenvalue weighted by Gasteiger charge is -2.22. The Bertz CT molecular complexity index is 483. The van der Waals surface area contributed by atoms with Crippen molar-refractivity contribution in [2.45, 2.75) is 26.4 Å². The van der Waals surface area contributed by atoms with E-state index in [1.165, 1.54) is 0 Å². The van der Waals surface area contributed by atoms with E-state index in [4.69, 9.17) is 10.5 Å². The number of anilines is 1. The Morgan fingerprint density at radius 2 is 2.10 bits per heavy atom. The number of ether oxygens (including phenoxy) is 1. The number of aliphatic hydroxyl groups is 1. The number of nitrogens with two attached hydrogens (primary N) is 1. The summed E-state index contributed by atoms with van der Waals surface area (Å²) in [4.78, 5) is 22.1. The van der Waals surface area contributed by atoms with Gasteiger partial charge < -0.3 is 20.5 Å². The van der Waals surface area contributed by atoms with Gasteiger partial charge in [-0.3, -0.25) is 4.79 Å². The zero-order valence-corrected chi connectivity index (χ0v) is 11.8. The predicted molar refractivity (Wildman–Crippen MR) is 73.0 cm³/mol. The van der Waals surface area contributed by atoms with Gasteiger partial charge in [0.05, 0.1) is 25.7 Å². The van der Waals surface area contributed by atoms with Crippen molar-refractivity contribution >= 4 is 11.9 Å². The maximum Gasteiger partial charge on any atom is 0.227 e. The fourth-order valence-corrected chi connectivity index (χ4v) is 2.30. The Morgan fingerprint density at radius 1 is 1.45 bits per heavy atom. The number of hydrogen-bond donors (Lipinski definition) is 2. The number of carbonyl (C=O) groups excluding carboxylic acids is 1. The van der Waals surface area contributed by atoms with Gasteiger partial charge in [0.25, 0.3) is 0 Å². The maximum atomic E-state index is 12.3. The number of amides is 1. The Hall–Kier alpha value is -1.73. The van der Waals surface area contributed by atoms with Crippen LogP contribution in [-0.2, 0) is 16.0 Å². The lowest BCUT2D eigenvalue weighted by Crippen LogP contribution is -2.38. The fourth-order valence-electron chi connectivity index (χ4n) is 2.30. The minimum atomic E-state index is -0.633. The summed E-state index contributed by atoms with van der Waals surface area (Å²) >= 11 is 0. The first kappa shape index (κ1) is 14.7. The highest BCUT2D eigenvalue weighted by Crippen LogP contribution is 2.14. The Labute approximate surface area is 117 Å². The molecule has 3 N–H and O–H groups in total. The number of carbonyl (C=O) groups is 1. The molecule has 0 aromatic carbocycles. The van der Waals surface area contributed by atoms with E-state index in [1.807, 2.05) is 13.8 Å². The minimum Gasteiger partial charge on any atom is -0.389 e. The molecule has 0 radical (unpaired) electrons. The number of aryl methyl sites for hydroxylation is 2. The molecule has 0 bridgehead atoms.